The molecule has 5 nitrogen and oxygen atoms in total. The molecular formula is C21H19BrFN3O2. The number of imidazole rings is 1. The smallest absolute Gasteiger partial charge is 0.262 e. The van der Waals surface area contributed by atoms with Crippen LogP contribution in [0.2, 0.25) is 0 Å². The Kier molecular flexibility index (Phi) is 5.43. The highest BCUT2D eigenvalue weighted by Gasteiger charge is 2.15. The van der Waals surface area contributed by atoms with Crippen molar-refractivity contribution in [3.05, 3.63) is 64.6 Å². The molecule has 0 bridgehead atoms. The number of nitrogens with one attached hydrogen (secondary N) is 1. The van der Waals surface area contributed by atoms with Crippen LogP contribution < -0.4 is 10.1 Å². The van der Waals surface area contributed by atoms with Crippen molar-refractivity contribution in [2.24, 2.45) is 0 Å². The zero-order valence-corrected chi connectivity index (χ0v) is 16.7. The van der Waals surface area contributed by atoms with Crippen LogP contribution in [-0.4, -0.2) is 22.1 Å². The second kappa shape index (κ2) is 8.14. The number of carbonyl (C=O) groups is 1. The molecule has 0 spiro atoms. The largest absolute Gasteiger partial charge is 0.481 e. The van der Waals surface area contributed by atoms with Gasteiger partial charge in [-0.2, -0.15) is 0 Å². The maximum absolute atomic E-state index is 13.7. The monoisotopic (exact) mass is 443 g/mol. The summed E-state index contributed by atoms with van der Waals surface area (Å²) in [6.45, 7) is 0.723. The van der Waals surface area contributed by atoms with Crippen molar-refractivity contribution in [2.45, 2.75) is 25.8 Å². The molecule has 1 amide bonds. The summed E-state index contributed by atoms with van der Waals surface area (Å²) in [5.74, 6) is 0.127. The number of fused-ring (bicyclic) bond motifs is 1. The van der Waals surface area contributed by atoms with E-state index in [1.54, 1.807) is 6.07 Å². The first kappa shape index (κ1) is 18.7. The summed E-state index contributed by atoms with van der Waals surface area (Å²) < 4.78 is 21.9. The third-order valence-corrected chi connectivity index (χ3v) is 5.18. The quantitative estimate of drug-likeness (QED) is 0.615. The second-order valence-corrected chi connectivity index (χ2v) is 7.59. The highest BCUT2D eigenvalue weighted by Crippen LogP contribution is 2.26. The fourth-order valence-electron chi connectivity index (χ4n) is 3.30. The van der Waals surface area contributed by atoms with Crippen LogP contribution in [0.15, 0.2) is 53.1 Å². The number of aromatic nitrogens is 2. The molecule has 0 saturated heterocycles. The SMILES string of the molecule is O=C(COc1ccc(Br)cc1F)Nc1ccc(-c2ncc3n2CCCC3)cc1. The van der Waals surface area contributed by atoms with Gasteiger partial charge in [-0.1, -0.05) is 15.9 Å². The van der Waals surface area contributed by atoms with Crippen LogP contribution in [0.3, 0.4) is 0 Å². The normalized spacial score (nSPS) is 13.1. The minimum atomic E-state index is -0.519. The Morgan fingerprint density at radius 3 is 2.82 bits per heavy atom. The fraction of sp³-hybridized carbons (Fsp3) is 0.238. The van der Waals surface area contributed by atoms with E-state index in [2.05, 4.69) is 30.8 Å². The number of nitrogens with zero attached hydrogens (tertiary/aromatic N) is 2. The number of amides is 1. The Labute approximate surface area is 170 Å². The van der Waals surface area contributed by atoms with Gasteiger partial charge in [0.25, 0.3) is 5.91 Å². The molecule has 3 aromatic rings. The Bertz CT molecular complexity index is 1000. The van der Waals surface area contributed by atoms with E-state index < -0.39 is 5.82 Å². The molecule has 1 aromatic heterocycles. The van der Waals surface area contributed by atoms with Crippen molar-refractivity contribution in [3.8, 4) is 17.1 Å². The lowest BCUT2D eigenvalue weighted by atomic mass is 10.1. The van der Waals surface area contributed by atoms with Crippen LogP contribution in [-0.2, 0) is 17.8 Å². The van der Waals surface area contributed by atoms with Gasteiger partial charge < -0.3 is 14.6 Å². The van der Waals surface area contributed by atoms with Crippen LogP contribution in [0.1, 0.15) is 18.5 Å². The number of halogens is 2. The minimum Gasteiger partial charge on any atom is -0.481 e. The van der Waals surface area contributed by atoms with E-state index in [9.17, 15) is 9.18 Å². The number of ether oxygens (including phenoxy) is 1. The predicted octanol–water partition coefficient (Wildman–Crippen LogP) is 4.81. The van der Waals surface area contributed by atoms with Gasteiger partial charge in [0.2, 0.25) is 0 Å². The van der Waals surface area contributed by atoms with Gasteiger partial charge >= 0.3 is 0 Å². The van der Waals surface area contributed by atoms with E-state index in [0.29, 0.717) is 10.2 Å². The first-order valence-electron chi connectivity index (χ1n) is 9.13. The van der Waals surface area contributed by atoms with Gasteiger partial charge in [-0.05, 0) is 61.7 Å². The van der Waals surface area contributed by atoms with Crippen molar-refractivity contribution < 1.29 is 13.9 Å². The van der Waals surface area contributed by atoms with Crippen LogP contribution >= 0.6 is 15.9 Å². The first-order valence-corrected chi connectivity index (χ1v) is 9.92. The van der Waals surface area contributed by atoms with Gasteiger partial charge in [-0.25, -0.2) is 9.37 Å². The van der Waals surface area contributed by atoms with Crippen molar-refractivity contribution in [1.82, 2.24) is 9.55 Å². The summed E-state index contributed by atoms with van der Waals surface area (Å²) >= 11 is 3.18. The Morgan fingerprint density at radius 2 is 2.04 bits per heavy atom. The third kappa shape index (κ3) is 4.09. The number of aryl methyl sites for hydroxylation is 1. The molecule has 28 heavy (non-hydrogen) atoms. The number of hydrogen-bond donors (Lipinski definition) is 1. The molecule has 1 aliphatic rings. The summed E-state index contributed by atoms with van der Waals surface area (Å²) in [5, 5.41) is 2.75. The van der Waals surface area contributed by atoms with Gasteiger partial charge in [-0.15, -0.1) is 0 Å². The molecule has 0 atom stereocenters. The summed E-state index contributed by atoms with van der Waals surface area (Å²) in [5.41, 5.74) is 2.94. The van der Waals surface area contributed by atoms with E-state index in [0.717, 1.165) is 24.4 Å². The van der Waals surface area contributed by atoms with E-state index >= 15 is 0 Å². The van der Waals surface area contributed by atoms with Crippen molar-refractivity contribution in [1.29, 1.82) is 0 Å². The molecule has 0 fully saturated rings. The standard InChI is InChI=1S/C21H19BrFN3O2/c22-15-6-9-19(18(23)11-15)28-13-20(27)25-16-7-4-14(5-8-16)21-24-12-17-3-1-2-10-26(17)21/h4-9,11-12H,1-3,10,13H2,(H,25,27). The molecule has 1 N–H and O–H groups in total. The lowest BCUT2D eigenvalue weighted by Crippen LogP contribution is -2.20. The maximum Gasteiger partial charge on any atom is 0.262 e. The lowest BCUT2D eigenvalue weighted by Gasteiger charge is -2.16. The fourth-order valence-corrected chi connectivity index (χ4v) is 3.63. The van der Waals surface area contributed by atoms with E-state index in [1.807, 2.05) is 30.5 Å². The van der Waals surface area contributed by atoms with Crippen LogP contribution in [0.4, 0.5) is 10.1 Å². The summed E-state index contributed by atoms with van der Waals surface area (Å²) in [4.78, 5) is 16.6. The molecule has 7 heteroatoms. The first-order chi connectivity index (χ1) is 13.6. The molecule has 2 aromatic carbocycles. The number of rotatable bonds is 5. The van der Waals surface area contributed by atoms with Crippen molar-refractivity contribution in [2.75, 3.05) is 11.9 Å². The zero-order valence-electron chi connectivity index (χ0n) is 15.1. The van der Waals surface area contributed by atoms with Gasteiger partial charge in [0.1, 0.15) is 5.82 Å². The van der Waals surface area contributed by atoms with Gasteiger partial charge in [-0.3, -0.25) is 4.79 Å². The van der Waals surface area contributed by atoms with E-state index in [1.165, 1.54) is 30.7 Å². The number of anilines is 1. The minimum absolute atomic E-state index is 0.0396. The number of hydrogen-bond acceptors (Lipinski definition) is 3. The Hall–Kier alpha value is -2.67. The molecule has 2 heterocycles. The van der Waals surface area contributed by atoms with Gasteiger partial charge in [0.05, 0.1) is 0 Å². The second-order valence-electron chi connectivity index (χ2n) is 6.67. The molecule has 0 unspecified atom stereocenters. The van der Waals surface area contributed by atoms with E-state index in [-0.39, 0.29) is 18.3 Å². The van der Waals surface area contributed by atoms with E-state index in [4.69, 9.17) is 4.74 Å². The molecule has 1 aliphatic heterocycles. The van der Waals surface area contributed by atoms with Crippen LogP contribution in [0.25, 0.3) is 11.4 Å². The highest BCUT2D eigenvalue weighted by molar-refractivity contribution is 9.10. The average Bonchev–Trinajstić information content (AvgIpc) is 3.12. The third-order valence-electron chi connectivity index (χ3n) is 4.68. The molecule has 0 aliphatic carbocycles. The summed E-state index contributed by atoms with van der Waals surface area (Å²) in [6, 6.07) is 12.0. The van der Waals surface area contributed by atoms with Gasteiger partial charge in [0.15, 0.2) is 18.2 Å². The number of carbonyl (C=O) groups excluding carboxylic acids is 1. The predicted molar refractivity (Wildman–Crippen MR) is 109 cm³/mol. The van der Waals surface area contributed by atoms with Crippen LogP contribution in [0.5, 0.6) is 5.75 Å². The topological polar surface area (TPSA) is 56.1 Å². The molecule has 4 rings (SSSR count). The average molecular weight is 444 g/mol. The maximum atomic E-state index is 13.7. The molecule has 0 saturated carbocycles. The van der Waals surface area contributed by atoms with Crippen molar-refractivity contribution >= 4 is 27.5 Å². The molecule has 144 valence electrons. The molecule has 0 radical (unpaired) electrons. The molecular weight excluding hydrogens is 425 g/mol. The Balaban J connectivity index is 1.38. The summed E-state index contributed by atoms with van der Waals surface area (Å²) in [6.07, 6.45) is 5.40. The van der Waals surface area contributed by atoms with Crippen LogP contribution in [0, 0.1) is 5.82 Å². The Morgan fingerprint density at radius 1 is 1.21 bits per heavy atom. The summed E-state index contributed by atoms with van der Waals surface area (Å²) in [7, 11) is 0. The number of benzene rings is 2. The van der Waals surface area contributed by atoms with Gasteiger partial charge in [0, 0.05) is 34.2 Å². The van der Waals surface area contributed by atoms with Crippen molar-refractivity contribution in [3.63, 3.8) is 0 Å². The highest BCUT2D eigenvalue weighted by atomic mass is 79.9. The lowest BCUT2D eigenvalue weighted by molar-refractivity contribution is -0.118. The zero-order chi connectivity index (χ0) is 19.5.